The summed E-state index contributed by atoms with van der Waals surface area (Å²) in [7, 11) is 1.66. The van der Waals surface area contributed by atoms with Gasteiger partial charge < -0.3 is 15.4 Å². The minimum atomic E-state index is -0.562. The fraction of sp³-hybridized carbons (Fsp3) is 0.500. The Kier molecular flexibility index (Phi) is 3.78. The van der Waals surface area contributed by atoms with Crippen molar-refractivity contribution in [2.45, 2.75) is 18.9 Å². The van der Waals surface area contributed by atoms with Crippen LogP contribution in [0.4, 0.5) is 20.2 Å². The number of rotatable bonds is 4. The molecular formula is C12H16F2N2O. The summed E-state index contributed by atoms with van der Waals surface area (Å²) in [5.41, 5.74) is 0.852. The quantitative estimate of drug-likeness (QED) is 0.796. The molecule has 1 aromatic rings. The molecule has 0 radical (unpaired) electrons. The molecule has 0 fully saturated rings. The van der Waals surface area contributed by atoms with Crippen molar-refractivity contribution in [2.24, 2.45) is 0 Å². The van der Waals surface area contributed by atoms with E-state index in [1.807, 2.05) is 0 Å². The van der Waals surface area contributed by atoms with Gasteiger partial charge in [-0.15, -0.1) is 0 Å². The van der Waals surface area contributed by atoms with Crippen LogP contribution in [0.1, 0.15) is 12.8 Å². The number of halogens is 2. The van der Waals surface area contributed by atoms with Crippen LogP contribution in [0.2, 0.25) is 0 Å². The van der Waals surface area contributed by atoms with Gasteiger partial charge in [0, 0.05) is 32.4 Å². The standard InChI is InChI=1S/C12H16F2N2O/c1-17-4-2-3-9-7-15-12-10(14)5-8(13)6-11(12)16-9/h5-6,9,15-16H,2-4,7H2,1H3. The second-order valence-electron chi connectivity index (χ2n) is 4.17. The number of hydrogen-bond donors (Lipinski definition) is 2. The lowest BCUT2D eigenvalue weighted by atomic mass is 10.1. The maximum atomic E-state index is 13.4. The zero-order valence-corrected chi connectivity index (χ0v) is 9.72. The zero-order valence-electron chi connectivity index (χ0n) is 9.72. The highest BCUT2D eigenvalue weighted by Gasteiger charge is 2.20. The molecule has 1 aromatic carbocycles. The summed E-state index contributed by atoms with van der Waals surface area (Å²) in [6.07, 6.45) is 1.82. The van der Waals surface area contributed by atoms with E-state index in [1.54, 1.807) is 7.11 Å². The Hall–Kier alpha value is -1.36. The molecule has 0 saturated carbocycles. The Morgan fingerprint density at radius 1 is 1.41 bits per heavy atom. The molecular weight excluding hydrogens is 226 g/mol. The first-order chi connectivity index (χ1) is 8.20. The summed E-state index contributed by atoms with van der Waals surface area (Å²) >= 11 is 0. The van der Waals surface area contributed by atoms with Crippen LogP contribution in [-0.2, 0) is 4.74 Å². The number of methoxy groups -OCH3 is 1. The van der Waals surface area contributed by atoms with Crippen LogP contribution in [0.25, 0.3) is 0 Å². The van der Waals surface area contributed by atoms with Gasteiger partial charge in [0.05, 0.1) is 11.4 Å². The van der Waals surface area contributed by atoms with Crippen molar-refractivity contribution in [3.63, 3.8) is 0 Å². The number of anilines is 2. The topological polar surface area (TPSA) is 33.3 Å². The third-order valence-electron chi connectivity index (χ3n) is 2.84. The van der Waals surface area contributed by atoms with E-state index in [-0.39, 0.29) is 6.04 Å². The normalized spacial score (nSPS) is 18.2. The monoisotopic (exact) mass is 242 g/mol. The maximum absolute atomic E-state index is 13.4. The average Bonchev–Trinajstić information content (AvgIpc) is 2.28. The lowest BCUT2D eigenvalue weighted by Gasteiger charge is -2.28. The fourth-order valence-corrected chi connectivity index (χ4v) is 2.01. The van der Waals surface area contributed by atoms with Crippen LogP contribution in [0.15, 0.2) is 12.1 Å². The Morgan fingerprint density at radius 3 is 3.00 bits per heavy atom. The number of benzene rings is 1. The van der Waals surface area contributed by atoms with Gasteiger partial charge in [0.2, 0.25) is 0 Å². The summed E-state index contributed by atoms with van der Waals surface area (Å²) in [4.78, 5) is 0. The van der Waals surface area contributed by atoms with Crippen molar-refractivity contribution in [3.05, 3.63) is 23.8 Å². The van der Waals surface area contributed by atoms with Gasteiger partial charge in [0.25, 0.3) is 0 Å². The van der Waals surface area contributed by atoms with E-state index in [0.29, 0.717) is 24.5 Å². The van der Waals surface area contributed by atoms with Crippen molar-refractivity contribution < 1.29 is 13.5 Å². The van der Waals surface area contributed by atoms with Crippen LogP contribution < -0.4 is 10.6 Å². The van der Waals surface area contributed by atoms with Crippen molar-refractivity contribution in [3.8, 4) is 0 Å². The lowest BCUT2D eigenvalue weighted by molar-refractivity contribution is 0.191. The Labute approximate surface area is 99.2 Å². The molecule has 1 aliphatic heterocycles. The van der Waals surface area contributed by atoms with Crippen molar-refractivity contribution in [2.75, 3.05) is 30.9 Å². The Bertz CT molecular complexity index is 398. The van der Waals surface area contributed by atoms with Crippen LogP contribution >= 0.6 is 0 Å². The van der Waals surface area contributed by atoms with Crippen LogP contribution in [0, 0.1) is 11.6 Å². The molecule has 0 amide bonds. The highest BCUT2D eigenvalue weighted by Crippen LogP contribution is 2.30. The summed E-state index contributed by atoms with van der Waals surface area (Å²) in [5, 5.41) is 6.13. The molecule has 94 valence electrons. The molecule has 0 saturated heterocycles. The number of nitrogens with one attached hydrogen (secondary N) is 2. The van der Waals surface area contributed by atoms with E-state index in [1.165, 1.54) is 6.07 Å². The molecule has 0 aliphatic carbocycles. The molecule has 1 aliphatic rings. The molecule has 1 atom stereocenters. The van der Waals surface area contributed by atoms with Gasteiger partial charge in [-0.3, -0.25) is 0 Å². The van der Waals surface area contributed by atoms with Gasteiger partial charge in [0.1, 0.15) is 5.82 Å². The molecule has 17 heavy (non-hydrogen) atoms. The fourth-order valence-electron chi connectivity index (χ4n) is 2.01. The van der Waals surface area contributed by atoms with Crippen LogP contribution in [-0.4, -0.2) is 26.3 Å². The van der Waals surface area contributed by atoms with Crippen molar-refractivity contribution in [1.29, 1.82) is 0 Å². The van der Waals surface area contributed by atoms with Crippen LogP contribution in [0.3, 0.4) is 0 Å². The average molecular weight is 242 g/mol. The van der Waals surface area contributed by atoms with E-state index in [0.717, 1.165) is 18.9 Å². The van der Waals surface area contributed by atoms with E-state index in [4.69, 9.17) is 4.74 Å². The SMILES string of the molecule is COCCCC1CNc2c(F)cc(F)cc2N1. The van der Waals surface area contributed by atoms with E-state index < -0.39 is 11.6 Å². The molecule has 3 nitrogen and oxygen atoms in total. The van der Waals surface area contributed by atoms with Gasteiger partial charge in [-0.05, 0) is 18.9 Å². The molecule has 5 heteroatoms. The predicted molar refractivity (Wildman–Crippen MR) is 63.4 cm³/mol. The highest BCUT2D eigenvalue weighted by molar-refractivity contribution is 5.72. The van der Waals surface area contributed by atoms with Gasteiger partial charge in [-0.2, -0.15) is 0 Å². The highest BCUT2D eigenvalue weighted by atomic mass is 19.1. The van der Waals surface area contributed by atoms with Gasteiger partial charge >= 0.3 is 0 Å². The smallest absolute Gasteiger partial charge is 0.151 e. The second-order valence-corrected chi connectivity index (χ2v) is 4.17. The minimum absolute atomic E-state index is 0.179. The van der Waals surface area contributed by atoms with Crippen molar-refractivity contribution in [1.82, 2.24) is 0 Å². The van der Waals surface area contributed by atoms with Crippen molar-refractivity contribution >= 4 is 11.4 Å². The lowest BCUT2D eigenvalue weighted by Crippen LogP contribution is -2.33. The molecule has 0 bridgehead atoms. The maximum Gasteiger partial charge on any atom is 0.151 e. The second kappa shape index (κ2) is 5.31. The molecule has 0 aromatic heterocycles. The van der Waals surface area contributed by atoms with E-state index >= 15 is 0 Å². The number of hydrogen-bond acceptors (Lipinski definition) is 3. The van der Waals surface area contributed by atoms with E-state index in [9.17, 15) is 8.78 Å². The first-order valence-electron chi connectivity index (χ1n) is 5.69. The molecule has 2 rings (SSSR count). The van der Waals surface area contributed by atoms with Gasteiger partial charge in [0.15, 0.2) is 5.82 Å². The summed E-state index contributed by atoms with van der Waals surface area (Å²) in [6.45, 7) is 1.34. The largest absolute Gasteiger partial charge is 0.385 e. The molecule has 1 unspecified atom stereocenters. The third kappa shape index (κ3) is 2.85. The first-order valence-corrected chi connectivity index (χ1v) is 5.69. The number of ether oxygens (including phenoxy) is 1. The van der Waals surface area contributed by atoms with Gasteiger partial charge in [-0.25, -0.2) is 8.78 Å². The van der Waals surface area contributed by atoms with Crippen LogP contribution in [0.5, 0.6) is 0 Å². The molecule has 1 heterocycles. The Morgan fingerprint density at radius 2 is 2.24 bits per heavy atom. The molecule has 0 spiro atoms. The minimum Gasteiger partial charge on any atom is -0.385 e. The zero-order chi connectivity index (χ0) is 12.3. The van der Waals surface area contributed by atoms with E-state index in [2.05, 4.69) is 10.6 Å². The summed E-state index contributed by atoms with van der Waals surface area (Å²) in [5.74, 6) is -1.11. The molecule has 2 N–H and O–H groups in total. The summed E-state index contributed by atoms with van der Waals surface area (Å²) in [6, 6.07) is 2.38. The predicted octanol–water partition coefficient (Wildman–Crippen LogP) is 2.60. The summed E-state index contributed by atoms with van der Waals surface area (Å²) < 4.78 is 31.4. The Balaban J connectivity index is 2.03. The third-order valence-corrected chi connectivity index (χ3v) is 2.84. The first kappa shape index (κ1) is 12.1. The van der Waals surface area contributed by atoms with Gasteiger partial charge in [-0.1, -0.05) is 0 Å². The number of fused-ring (bicyclic) bond motifs is 1.